The molecule has 0 saturated carbocycles. The topological polar surface area (TPSA) is 57.8 Å². The highest BCUT2D eigenvalue weighted by Gasteiger charge is 2.15. The highest BCUT2D eigenvalue weighted by Crippen LogP contribution is 2.19. The molecular formula is C22H18FN3O. The maximum Gasteiger partial charge on any atom is 0.262 e. The lowest BCUT2D eigenvalue weighted by atomic mass is 10.1. The molecule has 3 rings (SSSR count). The molecule has 2 aromatic carbocycles. The van der Waals surface area contributed by atoms with E-state index < -0.39 is 5.91 Å². The van der Waals surface area contributed by atoms with Crippen LogP contribution in [-0.4, -0.2) is 10.5 Å². The van der Waals surface area contributed by atoms with E-state index in [1.807, 2.05) is 43.3 Å². The Kier molecular flexibility index (Phi) is 5.48. The Balaban J connectivity index is 1.86. The lowest BCUT2D eigenvalue weighted by Gasteiger charge is -2.14. The van der Waals surface area contributed by atoms with E-state index in [9.17, 15) is 14.4 Å². The standard InChI is InChI=1S/C22H18FN3O/c1-16(17-8-3-2-4-9-17)25-22(27)18(15-24)14-19-10-7-13-26(19)21-12-6-5-11-20(21)23/h2-14,16H,1H3,(H,25,27)/b18-14-/t16-/m1/s1. The fraction of sp³-hybridized carbons (Fsp3) is 0.0909. The Morgan fingerprint density at radius 3 is 2.52 bits per heavy atom. The lowest BCUT2D eigenvalue weighted by Crippen LogP contribution is -2.27. The minimum atomic E-state index is -0.477. The monoisotopic (exact) mass is 359 g/mol. The van der Waals surface area contributed by atoms with Crippen LogP contribution in [0.1, 0.15) is 24.2 Å². The average molecular weight is 359 g/mol. The number of nitriles is 1. The van der Waals surface area contributed by atoms with Crippen LogP contribution in [0, 0.1) is 17.1 Å². The minimum absolute atomic E-state index is 0.0472. The average Bonchev–Trinajstić information content (AvgIpc) is 3.15. The molecule has 1 amide bonds. The number of nitrogens with zero attached hydrogens (tertiary/aromatic N) is 2. The van der Waals surface area contributed by atoms with Gasteiger partial charge in [-0.05, 0) is 42.8 Å². The highest BCUT2D eigenvalue weighted by atomic mass is 19.1. The molecule has 1 atom stereocenters. The molecule has 0 fully saturated rings. The first-order valence-electron chi connectivity index (χ1n) is 8.50. The third-order valence-electron chi connectivity index (χ3n) is 4.20. The zero-order chi connectivity index (χ0) is 19.2. The van der Waals surface area contributed by atoms with Crippen molar-refractivity contribution in [3.8, 4) is 11.8 Å². The van der Waals surface area contributed by atoms with Crippen molar-refractivity contribution in [3.63, 3.8) is 0 Å². The number of carbonyl (C=O) groups is 1. The van der Waals surface area contributed by atoms with E-state index >= 15 is 0 Å². The van der Waals surface area contributed by atoms with Gasteiger partial charge in [-0.15, -0.1) is 0 Å². The second-order valence-electron chi connectivity index (χ2n) is 6.03. The zero-order valence-corrected chi connectivity index (χ0v) is 14.8. The number of benzene rings is 2. The summed E-state index contributed by atoms with van der Waals surface area (Å²) in [5.74, 6) is -0.862. The summed E-state index contributed by atoms with van der Waals surface area (Å²) < 4.78 is 15.7. The van der Waals surface area contributed by atoms with Crippen LogP contribution in [0.15, 0.2) is 78.5 Å². The van der Waals surface area contributed by atoms with Crippen LogP contribution in [0.3, 0.4) is 0 Å². The number of para-hydroxylation sites is 1. The number of rotatable bonds is 5. The van der Waals surface area contributed by atoms with Gasteiger partial charge in [-0.3, -0.25) is 4.79 Å². The van der Waals surface area contributed by atoms with E-state index in [-0.39, 0.29) is 17.4 Å². The van der Waals surface area contributed by atoms with Crippen LogP contribution in [0.25, 0.3) is 11.8 Å². The summed E-state index contributed by atoms with van der Waals surface area (Å²) >= 11 is 0. The van der Waals surface area contributed by atoms with Gasteiger partial charge in [-0.1, -0.05) is 42.5 Å². The maximum atomic E-state index is 14.1. The van der Waals surface area contributed by atoms with Gasteiger partial charge in [0.15, 0.2) is 0 Å². The fourth-order valence-corrected chi connectivity index (χ4v) is 2.77. The van der Waals surface area contributed by atoms with Gasteiger partial charge in [-0.2, -0.15) is 5.26 Å². The molecule has 1 N–H and O–H groups in total. The van der Waals surface area contributed by atoms with Crippen LogP contribution in [-0.2, 0) is 4.79 Å². The van der Waals surface area contributed by atoms with E-state index in [2.05, 4.69) is 5.32 Å². The molecular weight excluding hydrogens is 341 g/mol. The molecule has 0 aliphatic heterocycles. The molecule has 0 bridgehead atoms. The van der Waals surface area contributed by atoms with Gasteiger partial charge >= 0.3 is 0 Å². The van der Waals surface area contributed by atoms with Gasteiger partial charge in [0.25, 0.3) is 5.91 Å². The fourth-order valence-electron chi connectivity index (χ4n) is 2.77. The molecule has 0 unspecified atom stereocenters. The van der Waals surface area contributed by atoms with Crippen molar-refractivity contribution < 1.29 is 9.18 Å². The van der Waals surface area contributed by atoms with Gasteiger partial charge < -0.3 is 9.88 Å². The quantitative estimate of drug-likeness (QED) is 0.542. The van der Waals surface area contributed by atoms with Crippen LogP contribution < -0.4 is 5.32 Å². The lowest BCUT2D eigenvalue weighted by molar-refractivity contribution is -0.117. The molecule has 5 heteroatoms. The van der Waals surface area contributed by atoms with Crippen LogP contribution >= 0.6 is 0 Å². The van der Waals surface area contributed by atoms with Crippen molar-refractivity contribution in [2.24, 2.45) is 0 Å². The van der Waals surface area contributed by atoms with Crippen molar-refractivity contribution in [2.75, 3.05) is 0 Å². The first-order valence-corrected chi connectivity index (χ1v) is 8.50. The summed E-state index contributed by atoms with van der Waals surface area (Å²) in [5.41, 5.74) is 1.79. The molecule has 0 spiro atoms. The van der Waals surface area contributed by atoms with Gasteiger partial charge in [0.05, 0.1) is 11.7 Å². The molecule has 4 nitrogen and oxygen atoms in total. The number of amides is 1. The summed E-state index contributed by atoms with van der Waals surface area (Å²) in [5, 5.41) is 12.2. The second kappa shape index (κ2) is 8.15. The molecule has 0 radical (unpaired) electrons. The number of nitrogens with one attached hydrogen (secondary N) is 1. The summed E-state index contributed by atoms with van der Waals surface area (Å²) in [6, 6.07) is 21.0. The Labute approximate surface area is 157 Å². The second-order valence-corrected chi connectivity index (χ2v) is 6.03. The molecule has 134 valence electrons. The summed E-state index contributed by atoms with van der Waals surface area (Å²) in [6.07, 6.45) is 3.14. The van der Waals surface area contributed by atoms with E-state index in [1.165, 1.54) is 12.1 Å². The zero-order valence-electron chi connectivity index (χ0n) is 14.8. The van der Waals surface area contributed by atoms with Crippen molar-refractivity contribution in [1.82, 2.24) is 9.88 Å². The third-order valence-corrected chi connectivity index (χ3v) is 4.20. The van der Waals surface area contributed by atoms with Crippen molar-refractivity contribution in [2.45, 2.75) is 13.0 Å². The third kappa shape index (κ3) is 4.13. The summed E-state index contributed by atoms with van der Waals surface area (Å²) in [6.45, 7) is 1.85. The molecule has 0 aliphatic rings. The van der Waals surface area contributed by atoms with Crippen molar-refractivity contribution in [3.05, 3.63) is 95.6 Å². The summed E-state index contributed by atoms with van der Waals surface area (Å²) in [7, 11) is 0. The highest BCUT2D eigenvalue weighted by molar-refractivity contribution is 6.01. The molecule has 0 saturated heterocycles. The predicted octanol–water partition coefficient (Wildman–Crippen LogP) is 4.40. The molecule has 1 aromatic heterocycles. The Morgan fingerprint density at radius 1 is 1.11 bits per heavy atom. The van der Waals surface area contributed by atoms with Gasteiger partial charge in [0, 0.05) is 11.9 Å². The normalized spacial score (nSPS) is 12.3. The molecule has 27 heavy (non-hydrogen) atoms. The van der Waals surface area contributed by atoms with Crippen molar-refractivity contribution >= 4 is 12.0 Å². The van der Waals surface area contributed by atoms with Gasteiger partial charge in [0.1, 0.15) is 17.5 Å². The van der Waals surface area contributed by atoms with Crippen LogP contribution in [0.4, 0.5) is 4.39 Å². The first-order chi connectivity index (χ1) is 13.1. The van der Waals surface area contributed by atoms with E-state index in [4.69, 9.17) is 0 Å². The molecule has 1 heterocycles. The predicted molar refractivity (Wildman–Crippen MR) is 102 cm³/mol. The smallest absolute Gasteiger partial charge is 0.262 e. The van der Waals surface area contributed by atoms with E-state index in [0.717, 1.165) is 5.56 Å². The number of carbonyl (C=O) groups excluding carboxylic acids is 1. The number of hydrogen-bond donors (Lipinski definition) is 1. The van der Waals surface area contributed by atoms with Crippen LogP contribution in [0.5, 0.6) is 0 Å². The molecule has 3 aromatic rings. The summed E-state index contributed by atoms with van der Waals surface area (Å²) in [4.78, 5) is 12.5. The van der Waals surface area contributed by atoms with E-state index in [0.29, 0.717) is 11.4 Å². The number of aromatic nitrogens is 1. The van der Waals surface area contributed by atoms with Gasteiger partial charge in [0.2, 0.25) is 0 Å². The largest absolute Gasteiger partial charge is 0.345 e. The molecule has 0 aliphatic carbocycles. The van der Waals surface area contributed by atoms with E-state index in [1.54, 1.807) is 41.1 Å². The Bertz CT molecular complexity index is 1020. The van der Waals surface area contributed by atoms with Gasteiger partial charge in [-0.25, -0.2) is 4.39 Å². The Hall–Kier alpha value is -3.65. The number of halogens is 1. The number of hydrogen-bond acceptors (Lipinski definition) is 2. The SMILES string of the molecule is C[C@@H](NC(=O)/C(C#N)=C\c1cccn1-c1ccccc1F)c1ccccc1. The first kappa shape index (κ1) is 18.2. The Morgan fingerprint density at radius 2 is 1.81 bits per heavy atom. The maximum absolute atomic E-state index is 14.1. The van der Waals surface area contributed by atoms with Crippen LogP contribution in [0.2, 0.25) is 0 Å². The minimum Gasteiger partial charge on any atom is -0.345 e. The van der Waals surface area contributed by atoms with Crippen molar-refractivity contribution in [1.29, 1.82) is 5.26 Å².